The van der Waals surface area contributed by atoms with Crippen molar-refractivity contribution in [2.45, 2.75) is 13.3 Å². The zero-order valence-electron chi connectivity index (χ0n) is 11.0. The Morgan fingerprint density at radius 2 is 2.30 bits per heavy atom. The average molecular weight is 283 g/mol. The number of carbonyl (C=O) groups excluding carboxylic acids is 1. The van der Waals surface area contributed by atoms with Crippen LogP contribution in [0, 0.1) is 0 Å². The van der Waals surface area contributed by atoms with Gasteiger partial charge in [0.25, 0.3) is 0 Å². The van der Waals surface area contributed by atoms with Crippen LogP contribution in [0.5, 0.6) is 0 Å². The first-order valence-corrected chi connectivity index (χ1v) is 7.44. The van der Waals surface area contributed by atoms with Gasteiger partial charge in [-0.1, -0.05) is 6.07 Å². The maximum Gasteiger partial charge on any atom is 0.223 e. The quantitative estimate of drug-likeness (QED) is 0.688. The second-order valence-corrected chi connectivity index (χ2v) is 5.80. The van der Waals surface area contributed by atoms with Crippen LogP contribution in [0.4, 0.5) is 5.69 Å². The summed E-state index contributed by atoms with van der Waals surface area (Å²) in [5, 5.41) is 2.13. The van der Waals surface area contributed by atoms with Crippen LogP contribution < -0.4 is 4.90 Å². The van der Waals surface area contributed by atoms with Crippen LogP contribution in [0.2, 0.25) is 0 Å². The van der Waals surface area contributed by atoms with Crippen molar-refractivity contribution in [2.24, 2.45) is 0 Å². The number of rotatable bonds is 1. The first kappa shape index (κ1) is 11.7. The van der Waals surface area contributed by atoms with E-state index in [1.807, 2.05) is 17.3 Å². The van der Waals surface area contributed by atoms with Gasteiger partial charge in [-0.05, 0) is 29.7 Å². The molecule has 0 saturated heterocycles. The molecule has 0 fully saturated rings. The minimum absolute atomic E-state index is 0.115. The van der Waals surface area contributed by atoms with Crippen molar-refractivity contribution < 1.29 is 4.79 Å². The van der Waals surface area contributed by atoms with E-state index in [1.165, 1.54) is 11.1 Å². The highest BCUT2D eigenvalue weighted by Gasteiger charge is 2.22. The number of thiazole rings is 1. The van der Waals surface area contributed by atoms with E-state index in [0.29, 0.717) is 0 Å². The lowest BCUT2D eigenvalue weighted by Gasteiger charge is -2.14. The number of aromatic nitrogens is 2. The molecule has 0 N–H and O–H groups in total. The molecular formula is C15H13N3OS. The predicted octanol–water partition coefficient (Wildman–Crippen LogP) is 2.97. The van der Waals surface area contributed by atoms with E-state index in [9.17, 15) is 4.79 Å². The predicted molar refractivity (Wildman–Crippen MR) is 80.2 cm³/mol. The van der Waals surface area contributed by atoms with Gasteiger partial charge in [-0.3, -0.25) is 9.20 Å². The van der Waals surface area contributed by atoms with Gasteiger partial charge in [0, 0.05) is 36.9 Å². The lowest BCUT2D eigenvalue weighted by Crippen LogP contribution is -2.25. The molecule has 100 valence electrons. The molecule has 0 aliphatic carbocycles. The largest absolute Gasteiger partial charge is 0.312 e. The molecule has 0 atom stereocenters. The summed E-state index contributed by atoms with van der Waals surface area (Å²) in [6.07, 6.45) is 4.73. The van der Waals surface area contributed by atoms with Gasteiger partial charge in [-0.25, -0.2) is 4.98 Å². The maximum atomic E-state index is 11.6. The van der Waals surface area contributed by atoms with Crippen LogP contribution in [0.3, 0.4) is 0 Å². The Hall–Kier alpha value is -2.14. The van der Waals surface area contributed by atoms with Crippen molar-refractivity contribution in [2.75, 3.05) is 11.4 Å². The molecule has 5 heteroatoms. The summed E-state index contributed by atoms with van der Waals surface area (Å²) in [5.41, 5.74) is 4.64. The van der Waals surface area contributed by atoms with E-state index in [0.717, 1.165) is 29.3 Å². The molecule has 2 aromatic heterocycles. The summed E-state index contributed by atoms with van der Waals surface area (Å²) in [5.74, 6) is 0.115. The van der Waals surface area contributed by atoms with Crippen molar-refractivity contribution in [3.05, 3.63) is 41.5 Å². The first-order valence-electron chi connectivity index (χ1n) is 6.56. The smallest absolute Gasteiger partial charge is 0.223 e. The Morgan fingerprint density at radius 1 is 1.40 bits per heavy atom. The highest BCUT2D eigenvalue weighted by molar-refractivity contribution is 7.15. The summed E-state index contributed by atoms with van der Waals surface area (Å²) >= 11 is 1.64. The van der Waals surface area contributed by atoms with Gasteiger partial charge in [0.2, 0.25) is 5.91 Å². The molecule has 1 aliphatic heterocycles. The first-order chi connectivity index (χ1) is 9.74. The van der Waals surface area contributed by atoms with Crippen molar-refractivity contribution in [1.29, 1.82) is 0 Å². The van der Waals surface area contributed by atoms with E-state index < -0.39 is 0 Å². The van der Waals surface area contributed by atoms with Crippen molar-refractivity contribution >= 4 is 27.9 Å². The fraction of sp³-hybridized carbons (Fsp3) is 0.200. The third kappa shape index (κ3) is 1.59. The molecule has 4 nitrogen and oxygen atoms in total. The van der Waals surface area contributed by atoms with Crippen LogP contribution in [0.1, 0.15) is 12.5 Å². The highest BCUT2D eigenvalue weighted by atomic mass is 32.1. The molecule has 0 spiro atoms. The van der Waals surface area contributed by atoms with Crippen LogP contribution in [-0.4, -0.2) is 21.8 Å². The summed E-state index contributed by atoms with van der Waals surface area (Å²) in [6, 6.07) is 6.33. The molecule has 0 radical (unpaired) electrons. The summed E-state index contributed by atoms with van der Waals surface area (Å²) in [7, 11) is 0. The van der Waals surface area contributed by atoms with Gasteiger partial charge < -0.3 is 4.90 Å². The number of benzene rings is 1. The molecular weight excluding hydrogens is 270 g/mol. The normalized spacial score (nSPS) is 13.9. The number of nitrogens with zero attached hydrogens (tertiary/aromatic N) is 3. The number of carbonyl (C=O) groups is 1. The lowest BCUT2D eigenvalue weighted by atomic mass is 10.1. The van der Waals surface area contributed by atoms with Crippen molar-refractivity contribution in [3.8, 4) is 11.3 Å². The molecule has 1 aromatic carbocycles. The average Bonchev–Trinajstić information content (AvgIpc) is 3.12. The molecule has 1 amide bonds. The van der Waals surface area contributed by atoms with Gasteiger partial charge in [0.1, 0.15) is 0 Å². The molecule has 1 aliphatic rings. The van der Waals surface area contributed by atoms with Crippen LogP contribution >= 0.6 is 11.3 Å². The van der Waals surface area contributed by atoms with Gasteiger partial charge in [0.15, 0.2) is 4.96 Å². The van der Waals surface area contributed by atoms with E-state index in [-0.39, 0.29) is 5.91 Å². The number of imidazole rings is 1. The van der Waals surface area contributed by atoms with Crippen molar-refractivity contribution in [3.63, 3.8) is 0 Å². The van der Waals surface area contributed by atoms with Gasteiger partial charge >= 0.3 is 0 Å². The Bertz CT molecular complexity index is 818. The summed E-state index contributed by atoms with van der Waals surface area (Å²) in [4.78, 5) is 18.7. The van der Waals surface area contributed by atoms with Gasteiger partial charge in [0.05, 0.1) is 5.69 Å². The Labute approximate surface area is 120 Å². The number of amides is 1. The second kappa shape index (κ2) is 4.18. The molecule has 0 unspecified atom stereocenters. The molecule has 3 aromatic rings. The number of hydrogen-bond acceptors (Lipinski definition) is 3. The monoisotopic (exact) mass is 283 g/mol. The van der Waals surface area contributed by atoms with Crippen LogP contribution in [0.25, 0.3) is 16.2 Å². The van der Waals surface area contributed by atoms with Crippen LogP contribution in [-0.2, 0) is 11.2 Å². The van der Waals surface area contributed by atoms with E-state index in [2.05, 4.69) is 33.0 Å². The zero-order chi connectivity index (χ0) is 13.7. The van der Waals surface area contributed by atoms with E-state index in [4.69, 9.17) is 0 Å². The van der Waals surface area contributed by atoms with Gasteiger partial charge in [-0.15, -0.1) is 11.3 Å². The summed E-state index contributed by atoms with van der Waals surface area (Å²) < 4.78 is 2.10. The minimum Gasteiger partial charge on any atom is -0.312 e. The number of hydrogen-bond donors (Lipinski definition) is 0. The zero-order valence-corrected chi connectivity index (χ0v) is 11.9. The summed E-state index contributed by atoms with van der Waals surface area (Å²) in [6.45, 7) is 2.41. The second-order valence-electron chi connectivity index (χ2n) is 4.96. The number of fused-ring (bicyclic) bond motifs is 2. The van der Waals surface area contributed by atoms with Gasteiger partial charge in [-0.2, -0.15) is 0 Å². The molecule has 3 heterocycles. The van der Waals surface area contributed by atoms with E-state index in [1.54, 1.807) is 18.3 Å². The number of anilines is 1. The van der Waals surface area contributed by atoms with E-state index >= 15 is 0 Å². The lowest BCUT2D eigenvalue weighted by molar-refractivity contribution is -0.116. The highest BCUT2D eigenvalue weighted by Crippen LogP contribution is 2.33. The topological polar surface area (TPSA) is 37.6 Å². The Balaban J connectivity index is 1.82. The molecule has 0 bridgehead atoms. The third-order valence-corrected chi connectivity index (χ3v) is 4.65. The Morgan fingerprint density at radius 3 is 3.15 bits per heavy atom. The fourth-order valence-electron chi connectivity index (χ4n) is 2.82. The fourth-order valence-corrected chi connectivity index (χ4v) is 3.68. The minimum atomic E-state index is 0.115. The SMILES string of the molecule is CC(=O)N1CCc2cc(-c3csc4nccn34)ccc21. The molecule has 0 saturated carbocycles. The molecule has 4 rings (SSSR count). The molecule has 20 heavy (non-hydrogen) atoms. The van der Waals surface area contributed by atoms with Crippen LogP contribution in [0.15, 0.2) is 36.0 Å². The Kier molecular flexibility index (Phi) is 2.44. The van der Waals surface area contributed by atoms with Crippen molar-refractivity contribution in [1.82, 2.24) is 9.38 Å². The maximum absolute atomic E-state index is 11.6. The third-order valence-electron chi connectivity index (χ3n) is 3.79. The standard InChI is InChI=1S/C15H13N3OS/c1-10(19)17-6-4-12-8-11(2-3-13(12)17)14-9-20-15-16-5-7-18(14)15/h2-3,5,7-9H,4,6H2,1H3.